The van der Waals surface area contributed by atoms with E-state index in [0.717, 1.165) is 25.6 Å². The number of alkyl halides is 3. The van der Waals surface area contributed by atoms with Gasteiger partial charge in [0.25, 0.3) is 0 Å². The molecule has 0 aliphatic heterocycles. The third-order valence-corrected chi connectivity index (χ3v) is 5.38. The molecule has 0 aromatic heterocycles. The fraction of sp³-hybridized carbons (Fsp3) is 0.667. The maximum absolute atomic E-state index is 13.0. The van der Waals surface area contributed by atoms with Gasteiger partial charge >= 0.3 is 6.18 Å². The number of amides is 1. The van der Waals surface area contributed by atoms with Gasteiger partial charge in [-0.05, 0) is 58.5 Å². The minimum absolute atomic E-state index is 0.0990. The summed E-state index contributed by atoms with van der Waals surface area (Å²) in [6, 6.07) is 5.63. The highest BCUT2D eigenvalue weighted by atomic mass is 19.4. The molecule has 1 amide bonds. The number of carbonyl (C=O) groups excluding carboxylic acids is 1. The number of hydrogen-bond acceptors (Lipinski definition) is 3. The van der Waals surface area contributed by atoms with Gasteiger partial charge in [0.15, 0.2) is 0 Å². The Kier molecular flexibility index (Phi) is 8.76. The molecule has 0 saturated heterocycles. The fourth-order valence-electron chi connectivity index (χ4n) is 3.77. The van der Waals surface area contributed by atoms with E-state index in [1.165, 1.54) is 50.3 Å². The van der Waals surface area contributed by atoms with Gasteiger partial charge in [0, 0.05) is 18.5 Å². The van der Waals surface area contributed by atoms with Gasteiger partial charge in [-0.25, -0.2) is 0 Å². The van der Waals surface area contributed by atoms with Crippen molar-refractivity contribution in [3.63, 3.8) is 0 Å². The Balaban J connectivity index is 1.69. The summed E-state index contributed by atoms with van der Waals surface area (Å²) in [7, 11) is 2.17. The van der Waals surface area contributed by atoms with Gasteiger partial charge in [0.1, 0.15) is 0 Å². The molecule has 2 N–H and O–H groups in total. The Bertz CT molecular complexity index is 615. The normalized spacial score (nSPS) is 16.9. The summed E-state index contributed by atoms with van der Waals surface area (Å²) in [5, 5.41) is 5.69. The maximum Gasteiger partial charge on any atom is 0.418 e. The molecule has 1 aromatic rings. The fourth-order valence-corrected chi connectivity index (χ4v) is 3.77. The third-order valence-electron chi connectivity index (χ3n) is 5.38. The van der Waals surface area contributed by atoms with Crippen molar-refractivity contribution in [3.8, 4) is 0 Å². The molecule has 0 radical (unpaired) electrons. The highest BCUT2D eigenvalue weighted by Crippen LogP contribution is 2.34. The van der Waals surface area contributed by atoms with Crippen LogP contribution in [0.1, 0.15) is 57.4 Å². The zero-order chi connectivity index (χ0) is 20.6. The molecule has 4 nitrogen and oxygen atoms in total. The van der Waals surface area contributed by atoms with Crippen molar-refractivity contribution < 1.29 is 18.0 Å². The lowest BCUT2D eigenvalue weighted by atomic mass is 9.94. The van der Waals surface area contributed by atoms with Crippen LogP contribution in [0, 0.1) is 0 Å². The van der Waals surface area contributed by atoms with Crippen LogP contribution in [0.25, 0.3) is 0 Å². The molecule has 1 aromatic carbocycles. The van der Waals surface area contributed by atoms with Crippen molar-refractivity contribution in [1.82, 2.24) is 10.2 Å². The molecule has 2 rings (SSSR count). The zero-order valence-corrected chi connectivity index (χ0v) is 16.8. The second kappa shape index (κ2) is 10.8. The highest BCUT2D eigenvalue weighted by molar-refractivity contribution is 5.92. The maximum atomic E-state index is 13.0. The zero-order valence-electron chi connectivity index (χ0n) is 16.8. The molecule has 7 heteroatoms. The van der Waals surface area contributed by atoms with Gasteiger partial charge in [0.05, 0.1) is 11.3 Å². The first-order valence-electron chi connectivity index (χ1n) is 10.2. The van der Waals surface area contributed by atoms with Gasteiger partial charge in [-0.1, -0.05) is 31.4 Å². The summed E-state index contributed by atoms with van der Waals surface area (Å²) < 4.78 is 39.0. The number of rotatable bonds is 9. The summed E-state index contributed by atoms with van der Waals surface area (Å²) in [4.78, 5) is 14.5. The lowest BCUT2D eigenvalue weighted by Gasteiger charge is -2.31. The predicted octanol–water partition coefficient (Wildman–Crippen LogP) is 4.67. The molecule has 1 unspecified atom stereocenters. The molecule has 1 fully saturated rings. The lowest BCUT2D eigenvalue weighted by molar-refractivity contribution is -0.137. The second-order valence-electron chi connectivity index (χ2n) is 7.78. The van der Waals surface area contributed by atoms with Gasteiger partial charge in [-0.2, -0.15) is 13.2 Å². The summed E-state index contributed by atoms with van der Waals surface area (Å²) in [6.07, 6.45) is 3.16. The average molecular weight is 400 g/mol. The first-order valence-corrected chi connectivity index (χ1v) is 10.2. The molecule has 1 atom stereocenters. The second-order valence-corrected chi connectivity index (χ2v) is 7.78. The largest absolute Gasteiger partial charge is 0.418 e. The van der Waals surface area contributed by atoms with E-state index in [2.05, 4.69) is 22.6 Å². The Labute approximate surface area is 165 Å². The minimum atomic E-state index is -4.49. The van der Waals surface area contributed by atoms with Crippen LogP contribution in [0.2, 0.25) is 0 Å². The van der Waals surface area contributed by atoms with E-state index < -0.39 is 17.6 Å². The van der Waals surface area contributed by atoms with E-state index in [9.17, 15) is 18.0 Å². The number of nitrogens with one attached hydrogen (secondary N) is 2. The molecule has 1 aliphatic rings. The summed E-state index contributed by atoms with van der Waals surface area (Å²) in [5.74, 6) is -0.420. The van der Waals surface area contributed by atoms with Crippen molar-refractivity contribution >= 4 is 11.6 Å². The highest BCUT2D eigenvalue weighted by Gasteiger charge is 2.33. The minimum Gasteiger partial charge on any atom is -0.325 e. The molecule has 0 bridgehead atoms. The van der Waals surface area contributed by atoms with Crippen molar-refractivity contribution in [2.24, 2.45) is 0 Å². The van der Waals surface area contributed by atoms with Crippen LogP contribution in [0.4, 0.5) is 18.9 Å². The van der Waals surface area contributed by atoms with Crippen LogP contribution in [-0.2, 0) is 11.0 Å². The quantitative estimate of drug-likeness (QED) is 0.593. The number of hydrogen-bond donors (Lipinski definition) is 2. The molecule has 0 spiro atoms. The molecular formula is C21H32F3N3O. The molecule has 28 heavy (non-hydrogen) atoms. The summed E-state index contributed by atoms with van der Waals surface area (Å²) >= 11 is 0. The first-order chi connectivity index (χ1) is 13.3. The van der Waals surface area contributed by atoms with Gasteiger partial charge in [0.2, 0.25) is 5.91 Å². The number of carbonyl (C=O) groups is 1. The monoisotopic (exact) mass is 399 g/mol. The molecule has 158 valence electrons. The van der Waals surface area contributed by atoms with Gasteiger partial charge < -0.3 is 15.5 Å². The SMILES string of the molecule is CC(CC(=O)Nc1ccccc1C(F)(F)F)NCCCN(C)C1CCCCC1. The third kappa shape index (κ3) is 7.43. The van der Waals surface area contributed by atoms with E-state index in [0.29, 0.717) is 6.04 Å². The number of halogens is 3. The van der Waals surface area contributed by atoms with Crippen molar-refractivity contribution in [2.75, 3.05) is 25.5 Å². The van der Waals surface area contributed by atoms with Crippen LogP contribution >= 0.6 is 0 Å². The van der Waals surface area contributed by atoms with E-state index in [1.54, 1.807) is 0 Å². The van der Waals surface area contributed by atoms with Crippen molar-refractivity contribution in [3.05, 3.63) is 29.8 Å². The Morgan fingerprint density at radius 2 is 1.89 bits per heavy atom. The van der Waals surface area contributed by atoms with Gasteiger partial charge in [-0.15, -0.1) is 0 Å². The van der Waals surface area contributed by atoms with Crippen LogP contribution in [-0.4, -0.2) is 43.0 Å². The van der Waals surface area contributed by atoms with E-state index >= 15 is 0 Å². The molecule has 0 heterocycles. The van der Waals surface area contributed by atoms with Crippen LogP contribution < -0.4 is 10.6 Å². The predicted molar refractivity (Wildman–Crippen MR) is 106 cm³/mol. The number of anilines is 1. The Hall–Kier alpha value is -1.60. The first kappa shape index (κ1) is 22.7. The lowest BCUT2D eigenvalue weighted by Crippen LogP contribution is -2.37. The van der Waals surface area contributed by atoms with Crippen LogP contribution in [0.3, 0.4) is 0 Å². The number of benzene rings is 1. The topological polar surface area (TPSA) is 44.4 Å². The molecule has 1 saturated carbocycles. The van der Waals surface area contributed by atoms with Crippen molar-refractivity contribution in [2.45, 2.75) is 70.1 Å². The molecular weight excluding hydrogens is 367 g/mol. The van der Waals surface area contributed by atoms with Crippen LogP contribution in [0.5, 0.6) is 0 Å². The van der Waals surface area contributed by atoms with E-state index in [1.807, 2.05) is 6.92 Å². The Morgan fingerprint density at radius 3 is 2.57 bits per heavy atom. The number of nitrogens with zero attached hydrogens (tertiary/aromatic N) is 1. The standard InChI is InChI=1S/C21H32F3N3O/c1-16(25-13-8-14-27(2)17-9-4-3-5-10-17)15-20(28)26-19-12-7-6-11-18(19)21(22,23)24/h6-7,11-12,16-17,25H,3-5,8-10,13-15H2,1-2H3,(H,26,28). The van der Waals surface area contributed by atoms with E-state index in [4.69, 9.17) is 0 Å². The van der Waals surface area contributed by atoms with Crippen molar-refractivity contribution in [1.29, 1.82) is 0 Å². The van der Waals surface area contributed by atoms with Crippen LogP contribution in [0.15, 0.2) is 24.3 Å². The van der Waals surface area contributed by atoms with Gasteiger partial charge in [-0.3, -0.25) is 4.79 Å². The number of para-hydroxylation sites is 1. The summed E-state index contributed by atoms with van der Waals surface area (Å²) in [6.45, 7) is 3.67. The summed E-state index contributed by atoms with van der Waals surface area (Å²) in [5.41, 5.74) is -1.02. The smallest absolute Gasteiger partial charge is 0.325 e. The Morgan fingerprint density at radius 1 is 1.21 bits per heavy atom. The van der Waals surface area contributed by atoms with E-state index in [-0.39, 0.29) is 18.2 Å². The average Bonchev–Trinajstić information content (AvgIpc) is 2.65. The molecule has 1 aliphatic carbocycles.